The van der Waals surface area contributed by atoms with Crippen molar-refractivity contribution in [2.24, 2.45) is 29.1 Å². The average Bonchev–Trinajstić information content (AvgIpc) is 2.72. The Morgan fingerprint density at radius 2 is 1.33 bits per heavy atom. The van der Waals surface area contributed by atoms with Gasteiger partial charge in [-0.15, -0.1) is 0 Å². The molecule has 0 saturated heterocycles. The Bertz CT molecular complexity index is 198. The minimum atomic E-state index is 0.351. The molecule has 3 aliphatic carbocycles. The molecule has 0 N–H and O–H groups in total. The van der Waals surface area contributed by atoms with Gasteiger partial charge in [-0.1, -0.05) is 45.7 Å². The van der Waals surface area contributed by atoms with Crippen molar-refractivity contribution in [1.82, 2.24) is 0 Å². The van der Waals surface area contributed by atoms with Crippen LogP contribution in [0, 0.1) is 29.1 Å². The van der Waals surface area contributed by atoms with Gasteiger partial charge in [0.1, 0.15) is 0 Å². The monoisotopic (exact) mass is 292 g/mol. The van der Waals surface area contributed by atoms with Crippen LogP contribution in [0.25, 0.3) is 0 Å². The Kier molecular flexibility index (Phi) is 1.36. The SMILES string of the molecule is CC1(C)[C@H]2C[C@@H]3[C@@H](C[C@@H]21)C3(Br)Br. The van der Waals surface area contributed by atoms with Gasteiger partial charge in [0.2, 0.25) is 0 Å². The molecule has 0 aliphatic heterocycles. The number of rotatable bonds is 0. The standard InChI is InChI=1S/C10H14Br2/c1-9(2)5-3-7-8(4-6(5)9)10(7,11)12/h5-8H,3-4H2,1-2H3/t5-,6-,7+,8+/m0/s1. The van der Waals surface area contributed by atoms with E-state index in [1.807, 2.05) is 0 Å². The maximum atomic E-state index is 3.78. The molecule has 4 atom stereocenters. The van der Waals surface area contributed by atoms with Crippen LogP contribution in [0.15, 0.2) is 0 Å². The smallest absolute Gasteiger partial charge is 0.0721 e. The lowest BCUT2D eigenvalue weighted by atomic mass is 10.0. The molecule has 68 valence electrons. The molecule has 0 aromatic carbocycles. The van der Waals surface area contributed by atoms with E-state index in [9.17, 15) is 0 Å². The molecule has 0 heterocycles. The fourth-order valence-corrected chi connectivity index (χ4v) is 5.20. The second-order valence-electron chi connectivity index (χ2n) is 5.39. The van der Waals surface area contributed by atoms with Crippen molar-refractivity contribution in [3.8, 4) is 0 Å². The third-order valence-corrected chi connectivity index (χ3v) is 7.02. The summed E-state index contributed by atoms with van der Waals surface area (Å²) >= 11 is 7.56. The summed E-state index contributed by atoms with van der Waals surface area (Å²) in [5, 5.41) is 0. The van der Waals surface area contributed by atoms with E-state index in [2.05, 4.69) is 45.7 Å². The quantitative estimate of drug-likeness (QED) is 0.596. The summed E-state index contributed by atoms with van der Waals surface area (Å²) < 4.78 is 0.351. The number of alkyl halides is 2. The van der Waals surface area contributed by atoms with Crippen LogP contribution in [0.3, 0.4) is 0 Å². The van der Waals surface area contributed by atoms with Crippen LogP contribution in [0.4, 0.5) is 0 Å². The van der Waals surface area contributed by atoms with Crippen molar-refractivity contribution in [2.75, 3.05) is 0 Å². The lowest BCUT2D eigenvalue weighted by Gasteiger charge is -2.03. The third-order valence-electron chi connectivity index (χ3n) is 4.67. The second-order valence-corrected chi connectivity index (χ2v) is 9.08. The maximum absolute atomic E-state index is 3.78. The van der Waals surface area contributed by atoms with Crippen LogP contribution in [-0.2, 0) is 0 Å². The Balaban J connectivity index is 1.80. The van der Waals surface area contributed by atoms with Crippen LogP contribution in [0.5, 0.6) is 0 Å². The number of hydrogen-bond acceptors (Lipinski definition) is 0. The van der Waals surface area contributed by atoms with E-state index in [-0.39, 0.29) is 0 Å². The van der Waals surface area contributed by atoms with Crippen molar-refractivity contribution in [1.29, 1.82) is 0 Å². The molecule has 0 radical (unpaired) electrons. The van der Waals surface area contributed by atoms with Gasteiger partial charge in [0.25, 0.3) is 0 Å². The fraction of sp³-hybridized carbons (Fsp3) is 1.00. The van der Waals surface area contributed by atoms with Gasteiger partial charge in [0.05, 0.1) is 3.23 Å². The molecule has 3 rings (SSSR count). The van der Waals surface area contributed by atoms with Crippen LogP contribution >= 0.6 is 31.9 Å². The zero-order chi connectivity index (χ0) is 8.72. The molecule has 0 aromatic heterocycles. The van der Waals surface area contributed by atoms with Crippen molar-refractivity contribution < 1.29 is 0 Å². The van der Waals surface area contributed by atoms with Gasteiger partial charge in [0, 0.05) is 0 Å². The first-order chi connectivity index (χ1) is 5.45. The Morgan fingerprint density at radius 1 is 0.917 bits per heavy atom. The largest absolute Gasteiger partial charge is 0.0868 e. The first kappa shape index (κ1) is 8.28. The van der Waals surface area contributed by atoms with Crippen molar-refractivity contribution in [3.63, 3.8) is 0 Å². The van der Waals surface area contributed by atoms with Gasteiger partial charge >= 0.3 is 0 Å². The number of fused-ring (bicyclic) bond motifs is 2. The molecule has 3 fully saturated rings. The van der Waals surface area contributed by atoms with Crippen molar-refractivity contribution in [3.05, 3.63) is 0 Å². The first-order valence-corrected chi connectivity index (χ1v) is 6.42. The first-order valence-electron chi connectivity index (χ1n) is 4.83. The lowest BCUT2D eigenvalue weighted by Crippen LogP contribution is -1.95. The summed E-state index contributed by atoms with van der Waals surface area (Å²) in [6.45, 7) is 4.88. The third kappa shape index (κ3) is 0.796. The minimum absolute atomic E-state index is 0.351. The highest BCUT2D eigenvalue weighted by atomic mass is 79.9. The van der Waals surface area contributed by atoms with E-state index in [1.54, 1.807) is 0 Å². The number of hydrogen-bond donors (Lipinski definition) is 0. The molecule has 0 spiro atoms. The molecule has 0 bridgehead atoms. The maximum Gasteiger partial charge on any atom is 0.0868 e. The second kappa shape index (κ2) is 1.98. The molecule has 0 aromatic rings. The van der Waals surface area contributed by atoms with E-state index < -0.39 is 0 Å². The topological polar surface area (TPSA) is 0 Å². The van der Waals surface area contributed by atoms with Crippen LogP contribution in [0.2, 0.25) is 0 Å². The minimum Gasteiger partial charge on any atom is -0.0721 e. The van der Waals surface area contributed by atoms with Crippen molar-refractivity contribution in [2.45, 2.75) is 29.9 Å². The lowest BCUT2D eigenvalue weighted by molar-refractivity contribution is 0.457. The zero-order valence-corrected chi connectivity index (χ0v) is 10.7. The van der Waals surface area contributed by atoms with Crippen molar-refractivity contribution >= 4 is 31.9 Å². The average molecular weight is 294 g/mol. The normalized spacial score (nSPS) is 57.0. The van der Waals surface area contributed by atoms with E-state index in [1.165, 1.54) is 12.8 Å². The van der Waals surface area contributed by atoms with E-state index in [0.717, 1.165) is 23.7 Å². The van der Waals surface area contributed by atoms with Gasteiger partial charge < -0.3 is 0 Å². The van der Waals surface area contributed by atoms with Gasteiger partial charge in [0.15, 0.2) is 0 Å². The molecule has 0 nitrogen and oxygen atoms in total. The van der Waals surface area contributed by atoms with Crippen LogP contribution in [-0.4, -0.2) is 3.23 Å². The summed E-state index contributed by atoms with van der Waals surface area (Å²) in [5.41, 5.74) is 0.684. The Hall–Kier alpha value is 0.960. The highest BCUT2D eigenvalue weighted by Gasteiger charge is 2.73. The predicted molar refractivity (Wildman–Crippen MR) is 57.6 cm³/mol. The molecule has 2 heteroatoms. The highest BCUT2D eigenvalue weighted by molar-refractivity contribution is 9.25. The predicted octanol–water partition coefficient (Wildman–Crippen LogP) is 3.78. The molecule has 3 aliphatic rings. The molecule has 0 amide bonds. The fourth-order valence-electron chi connectivity index (χ4n) is 3.44. The summed E-state index contributed by atoms with van der Waals surface area (Å²) in [6.07, 6.45) is 2.91. The van der Waals surface area contributed by atoms with Gasteiger partial charge in [-0.05, 0) is 41.9 Å². The molecule has 0 unspecified atom stereocenters. The van der Waals surface area contributed by atoms with Gasteiger partial charge in [-0.3, -0.25) is 0 Å². The zero-order valence-electron chi connectivity index (χ0n) is 7.48. The summed E-state index contributed by atoms with van der Waals surface area (Å²) in [7, 11) is 0. The highest BCUT2D eigenvalue weighted by Crippen LogP contribution is 2.78. The molecular formula is C10H14Br2. The van der Waals surface area contributed by atoms with Crippen LogP contribution in [0.1, 0.15) is 26.7 Å². The summed E-state index contributed by atoms with van der Waals surface area (Å²) in [6, 6.07) is 0. The van der Waals surface area contributed by atoms with Gasteiger partial charge in [-0.2, -0.15) is 0 Å². The summed E-state index contributed by atoms with van der Waals surface area (Å²) in [5.74, 6) is 3.94. The molecule has 3 saturated carbocycles. The van der Waals surface area contributed by atoms with E-state index in [4.69, 9.17) is 0 Å². The Labute approximate surface area is 90.7 Å². The summed E-state index contributed by atoms with van der Waals surface area (Å²) in [4.78, 5) is 0. The number of halogens is 2. The van der Waals surface area contributed by atoms with Gasteiger partial charge in [-0.25, -0.2) is 0 Å². The van der Waals surface area contributed by atoms with Crippen LogP contribution < -0.4 is 0 Å². The van der Waals surface area contributed by atoms with E-state index >= 15 is 0 Å². The molecular weight excluding hydrogens is 280 g/mol. The molecule has 12 heavy (non-hydrogen) atoms. The Morgan fingerprint density at radius 3 is 1.75 bits per heavy atom. The van der Waals surface area contributed by atoms with E-state index in [0.29, 0.717) is 8.65 Å².